The highest BCUT2D eigenvalue weighted by atomic mass is 16.3. The van der Waals surface area contributed by atoms with Crippen LogP contribution in [-0.4, -0.2) is 24.5 Å². The van der Waals surface area contributed by atoms with Crippen molar-refractivity contribution in [3.05, 3.63) is 23.7 Å². The highest BCUT2D eigenvalue weighted by Gasteiger charge is 2.12. The number of nitrogens with zero attached hydrogens (tertiary/aromatic N) is 1. The predicted molar refractivity (Wildman–Crippen MR) is 62.7 cm³/mol. The van der Waals surface area contributed by atoms with E-state index in [0.717, 1.165) is 18.8 Å². The second-order valence-corrected chi connectivity index (χ2v) is 5.21. The Hall–Kier alpha value is -0.800. The fraction of sp³-hybridized carbons (Fsp3) is 0.667. The van der Waals surface area contributed by atoms with Crippen molar-refractivity contribution in [1.82, 2.24) is 10.2 Å². The third kappa shape index (κ3) is 4.49. The van der Waals surface area contributed by atoms with Gasteiger partial charge in [-0.2, -0.15) is 0 Å². The molecule has 0 fully saturated rings. The van der Waals surface area contributed by atoms with Crippen LogP contribution < -0.4 is 5.32 Å². The number of nitrogens with one attached hydrogen (secondary N) is 1. The van der Waals surface area contributed by atoms with Gasteiger partial charge in [-0.1, -0.05) is 0 Å². The van der Waals surface area contributed by atoms with Gasteiger partial charge in [0.1, 0.15) is 5.76 Å². The van der Waals surface area contributed by atoms with Crippen molar-refractivity contribution in [2.24, 2.45) is 0 Å². The summed E-state index contributed by atoms with van der Waals surface area (Å²) >= 11 is 0. The monoisotopic (exact) mass is 210 g/mol. The molecule has 15 heavy (non-hydrogen) atoms. The molecule has 1 aromatic rings. The number of rotatable bonds is 4. The maximum absolute atomic E-state index is 5.46. The van der Waals surface area contributed by atoms with Crippen molar-refractivity contribution < 1.29 is 4.42 Å². The van der Waals surface area contributed by atoms with Gasteiger partial charge >= 0.3 is 0 Å². The fourth-order valence-corrected chi connectivity index (χ4v) is 1.31. The predicted octanol–water partition coefficient (Wildman–Crippen LogP) is 2.23. The zero-order valence-electron chi connectivity index (χ0n) is 10.4. The van der Waals surface area contributed by atoms with E-state index in [9.17, 15) is 0 Å². The Kier molecular flexibility index (Phi) is 3.94. The molecule has 0 aliphatic heterocycles. The van der Waals surface area contributed by atoms with E-state index in [-0.39, 0.29) is 5.54 Å². The second-order valence-electron chi connectivity index (χ2n) is 5.21. The van der Waals surface area contributed by atoms with Crippen molar-refractivity contribution in [2.75, 3.05) is 14.1 Å². The van der Waals surface area contributed by atoms with E-state index < -0.39 is 0 Å². The zero-order valence-corrected chi connectivity index (χ0v) is 10.4. The molecular formula is C12H22N2O. The minimum Gasteiger partial charge on any atom is -0.468 e. The van der Waals surface area contributed by atoms with E-state index in [1.54, 1.807) is 6.26 Å². The maximum atomic E-state index is 5.46. The smallest absolute Gasteiger partial charge is 0.122 e. The van der Waals surface area contributed by atoms with Gasteiger partial charge < -0.3 is 14.6 Å². The van der Waals surface area contributed by atoms with Crippen molar-refractivity contribution in [3.63, 3.8) is 0 Å². The van der Waals surface area contributed by atoms with Crippen LogP contribution in [0.4, 0.5) is 0 Å². The van der Waals surface area contributed by atoms with Crippen molar-refractivity contribution >= 4 is 0 Å². The lowest BCUT2D eigenvalue weighted by atomic mass is 10.1. The molecule has 1 N–H and O–H groups in total. The molecule has 0 radical (unpaired) electrons. The number of hydrogen-bond acceptors (Lipinski definition) is 3. The Morgan fingerprint density at radius 2 is 2.00 bits per heavy atom. The average Bonchev–Trinajstić information content (AvgIpc) is 2.46. The minimum absolute atomic E-state index is 0.145. The van der Waals surface area contributed by atoms with Crippen LogP contribution in [-0.2, 0) is 13.1 Å². The topological polar surface area (TPSA) is 28.4 Å². The number of hydrogen-bond donors (Lipinski definition) is 1. The molecule has 0 saturated carbocycles. The summed E-state index contributed by atoms with van der Waals surface area (Å²) in [4.78, 5) is 2.11. The molecule has 0 saturated heterocycles. The van der Waals surface area contributed by atoms with Gasteiger partial charge in [0, 0.05) is 17.6 Å². The molecule has 0 aliphatic rings. The Labute approximate surface area is 92.5 Å². The first-order valence-corrected chi connectivity index (χ1v) is 5.33. The van der Waals surface area contributed by atoms with Gasteiger partial charge in [0.2, 0.25) is 0 Å². The van der Waals surface area contributed by atoms with Gasteiger partial charge in [0.15, 0.2) is 0 Å². The van der Waals surface area contributed by atoms with Crippen LogP contribution in [0.5, 0.6) is 0 Å². The van der Waals surface area contributed by atoms with Gasteiger partial charge in [0.25, 0.3) is 0 Å². The minimum atomic E-state index is 0.145. The van der Waals surface area contributed by atoms with Crippen LogP contribution >= 0.6 is 0 Å². The first-order chi connectivity index (χ1) is 6.88. The maximum Gasteiger partial charge on any atom is 0.122 e. The summed E-state index contributed by atoms with van der Waals surface area (Å²) in [6.07, 6.45) is 1.76. The van der Waals surface area contributed by atoms with Crippen LogP contribution in [0.25, 0.3) is 0 Å². The van der Waals surface area contributed by atoms with Gasteiger partial charge in [-0.3, -0.25) is 0 Å². The van der Waals surface area contributed by atoms with Gasteiger partial charge in [-0.05, 0) is 40.9 Å². The molecule has 3 heteroatoms. The molecule has 0 bridgehead atoms. The summed E-state index contributed by atoms with van der Waals surface area (Å²) in [6.45, 7) is 8.22. The normalized spacial score (nSPS) is 12.4. The average molecular weight is 210 g/mol. The molecule has 0 aliphatic carbocycles. The molecule has 0 amide bonds. The molecule has 86 valence electrons. The van der Waals surface area contributed by atoms with Gasteiger partial charge in [0.05, 0.1) is 12.8 Å². The van der Waals surface area contributed by atoms with E-state index in [0.29, 0.717) is 0 Å². The highest BCUT2D eigenvalue weighted by molar-refractivity contribution is 5.17. The summed E-state index contributed by atoms with van der Waals surface area (Å²) in [7, 11) is 4.09. The van der Waals surface area contributed by atoms with E-state index >= 15 is 0 Å². The van der Waals surface area contributed by atoms with E-state index in [1.807, 2.05) is 20.2 Å². The zero-order chi connectivity index (χ0) is 11.5. The third-order valence-electron chi connectivity index (χ3n) is 2.11. The molecule has 0 atom stereocenters. The Balaban J connectivity index is 2.57. The molecule has 3 nitrogen and oxygen atoms in total. The molecule has 1 rings (SSSR count). The molecule has 1 heterocycles. The van der Waals surface area contributed by atoms with Crippen molar-refractivity contribution in [2.45, 2.75) is 39.4 Å². The van der Waals surface area contributed by atoms with Gasteiger partial charge in [-0.15, -0.1) is 0 Å². The first kappa shape index (κ1) is 12.3. The van der Waals surface area contributed by atoms with Gasteiger partial charge in [-0.25, -0.2) is 0 Å². The fourth-order valence-electron chi connectivity index (χ4n) is 1.31. The van der Waals surface area contributed by atoms with Crippen LogP contribution in [0.3, 0.4) is 0 Å². The highest BCUT2D eigenvalue weighted by Crippen LogP contribution is 2.13. The Morgan fingerprint density at radius 3 is 2.53 bits per heavy atom. The molecular weight excluding hydrogens is 188 g/mol. The summed E-state index contributed by atoms with van der Waals surface area (Å²) in [5.74, 6) is 1.05. The Bertz CT molecular complexity index is 297. The lowest BCUT2D eigenvalue weighted by Gasteiger charge is -2.20. The van der Waals surface area contributed by atoms with Crippen LogP contribution in [0.15, 0.2) is 16.7 Å². The van der Waals surface area contributed by atoms with Crippen LogP contribution in [0, 0.1) is 0 Å². The number of furan rings is 1. The summed E-state index contributed by atoms with van der Waals surface area (Å²) in [5.41, 5.74) is 1.39. The summed E-state index contributed by atoms with van der Waals surface area (Å²) in [5, 5.41) is 3.46. The van der Waals surface area contributed by atoms with Crippen LogP contribution in [0.1, 0.15) is 32.1 Å². The molecule has 0 unspecified atom stereocenters. The third-order valence-corrected chi connectivity index (χ3v) is 2.11. The summed E-state index contributed by atoms with van der Waals surface area (Å²) < 4.78 is 5.46. The Morgan fingerprint density at radius 1 is 1.33 bits per heavy atom. The van der Waals surface area contributed by atoms with Crippen molar-refractivity contribution in [3.8, 4) is 0 Å². The van der Waals surface area contributed by atoms with Crippen LogP contribution in [0.2, 0.25) is 0 Å². The second kappa shape index (κ2) is 4.81. The van der Waals surface area contributed by atoms with E-state index in [1.165, 1.54) is 5.56 Å². The molecule has 1 aromatic heterocycles. The quantitative estimate of drug-likeness (QED) is 0.826. The SMILES string of the molecule is CN(C)Cc1occc1CNC(C)(C)C. The summed E-state index contributed by atoms with van der Waals surface area (Å²) in [6, 6.07) is 2.04. The lowest BCUT2D eigenvalue weighted by Crippen LogP contribution is -2.35. The standard InChI is InChI=1S/C12H22N2O/c1-12(2,3)13-8-10-6-7-15-11(10)9-14(4)5/h6-7,13H,8-9H2,1-5H3. The molecule has 0 spiro atoms. The lowest BCUT2D eigenvalue weighted by molar-refractivity contribution is 0.344. The molecule has 0 aromatic carbocycles. The largest absolute Gasteiger partial charge is 0.468 e. The van der Waals surface area contributed by atoms with Crippen molar-refractivity contribution in [1.29, 1.82) is 0 Å². The van der Waals surface area contributed by atoms with E-state index in [4.69, 9.17) is 4.42 Å². The van der Waals surface area contributed by atoms with E-state index in [2.05, 4.69) is 31.0 Å². The first-order valence-electron chi connectivity index (χ1n) is 5.33.